The Balaban J connectivity index is 4.39. The molecule has 0 unspecified atom stereocenters. The second-order valence-corrected chi connectivity index (χ2v) is 5.05. The summed E-state index contributed by atoms with van der Waals surface area (Å²) in [5.41, 5.74) is 0. The van der Waals surface area contributed by atoms with Crippen LogP contribution in [0, 0.1) is 0 Å². The minimum absolute atomic E-state index is 0.00443. The van der Waals surface area contributed by atoms with Crippen LogP contribution in [0.15, 0.2) is 48.5 Å². The first-order valence-electron chi connectivity index (χ1n) is 10.2. The van der Waals surface area contributed by atoms with Gasteiger partial charge in [0.15, 0.2) is 5.78 Å². The molecule has 128 valence electrons. The predicted molar refractivity (Wildman–Crippen MR) is 96.4 cm³/mol. The quantitative estimate of drug-likeness (QED) is 0.201. The van der Waals surface area contributed by atoms with Crippen LogP contribution in [0.25, 0.3) is 0 Å². The Bertz CT molecular complexity index is 604. The standard InChI is InChI=1S/C20H30O3/c1-2-3-4-5-6-7-8-9-10-11-12-13-14-16-19(21)17-15-18-20(22)23/h6-7,9-10,12-14,16H,2-5,8,11,15,17-18H2,1H3,(H,22,23)/b7-6-,10-9-,13-12+,16-14+/i6T,7T,9T,10T. The number of allylic oxidation sites excluding steroid dienone is 8. The van der Waals surface area contributed by atoms with Gasteiger partial charge < -0.3 is 5.11 Å². The van der Waals surface area contributed by atoms with Crippen LogP contribution in [0.3, 0.4) is 0 Å². The number of ketones is 1. The summed E-state index contributed by atoms with van der Waals surface area (Å²) in [5, 5.41) is 8.50. The fraction of sp³-hybridized carbons (Fsp3) is 0.500. The third-order valence-electron chi connectivity index (χ3n) is 2.90. The Morgan fingerprint density at radius 3 is 2.43 bits per heavy atom. The molecule has 3 nitrogen and oxygen atoms in total. The zero-order valence-corrected chi connectivity index (χ0v) is 13.9. The van der Waals surface area contributed by atoms with E-state index in [4.69, 9.17) is 10.6 Å². The Kier molecular flexibility index (Phi) is 10.5. The van der Waals surface area contributed by atoms with Gasteiger partial charge in [0.2, 0.25) is 0 Å². The Labute approximate surface area is 146 Å². The number of rotatable bonds is 14. The van der Waals surface area contributed by atoms with E-state index < -0.39 is 5.97 Å². The van der Waals surface area contributed by atoms with Crippen molar-refractivity contribution in [2.45, 2.75) is 64.7 Å². The number of carboxylic acids is 1. The van der Waals surface area contributed by atoms with E-state index in [0.29, 0.717) is 12.8 Å². The van der Waals surface area contributed by atoms with Gasteiger partial charge in [-0.25, -0.2) is 0 Å². The Hall–Kier alpha value is -1.90. The van der Waals surface area contributed by atoms with Gasteiger partial charge in [-0.2, -0.15) is 0 Å². The van der Waals surface area contributed by atoms with E-state index >= 15 is 0 Å². The van der Waals surface area contributed by atoms with Crippen molar-refractivity contribution in [2.24, 2.45) is 0 Å². The molecule has 0 heterocycles. The van der Waals surface area contributed by atoms with Gasteiger partial charge in [0.25, 0.3) is 0 Å². The summed E-state index contributed by atoms with van der Waals surface area (Å²) in [7, 11) is 0. The molecular weight excluding hydrogens is 288 g/mol. The van der Waals surface area contributed by atoms with E-state index in [-0.39, 0.29) is 55.7 Å². The maximum absolute atomic E-state index is 11.5. The summed E-state index contributed by atoms with van der Waals surface area (Å²) in [6, 6.07) is 0.440. The van der Waals surface area contributed by atoms with Gasteiger partial charge in [0.1, 0.15) is 0 Å². The summed E-state index contributed by atoms with van der Waals surface area (Å²) in [6.07, 6.45) is 10.3. The summed E-state index contributed by atoms with van der Waals surface area (Å²) in [6.45, 7) is 2.07. The number of hydrogen-bond donors (Lipinski definition) is 1. The first-order valence-corrected chi connectivity index (χ1v) is 8.16. The number of carboxylic acid groups (broad SMARTS) is 1. The summed E-state index contributed by atoms with van der Waals surface area (Å²) in [4.78, 5) is 21.8. The average Bonchev–Trinajstić information content (AvgIpc) is 2.60. The molecule has 0 fully saturated rings. The molecule has 0 saturated carbocycles. The fourth-order valence-corrected chi connectivity index (χ4v) is 1.66. The van der Waals surface area contributed by atoms with Crippen LogP contribution < -0.4 is 0 Å². The number of unbranched alkanes of at least 4 members (excludes halogenated alkanes) is 2. The molecule has 0 atom stereocenters. The van der Waals surface area contributed by atoms with Gasteiger partial charge >= 0.3 is 5.97 Å². The Morgan fingerprint density at radius 1 is 0.957 bits per heavy atom. The minimum atomic E-state index is -0.920. The second kappa shape index (κ2) is 16.5. The van der Waals surface area contributed by atoms with Crippen molar-refractivity contribution in [1.82, 2.24) is 0 Å². The maximum Gasteiger partial charge on any atom is 0.303 e. The second-order valence-electron chi connectivity index (χ2n) is 5.05. The molecule has 0 bridgehead atoms. The molecule has 3 heteroatoms. The molecule has 0 aromatic carbocycles. The number of carbonyl (C=O) groups is 2. The SMILES string of the molecule is [3H]/C(C/C=C/C=C/C(=O)CCCC(=O)O)=C(\[3H])C/C([3H])=C(/[3H])CCCCC. The van der Waals surface area contributed by atoms with Crippen LogP contribution in [0.1, 0.15) is 70.2 Å². The highest BCUT2D eigenvalue weighted by Crippen LogP contribution is 2.01. The van der Waals surface area contributed by atoms with E-state index in [2.05, 4.69) is 6.92 Å². The molecule has 0 saturated heterocycles. The maximum atomic E-state index is 11.5. The van der Waals surface area contributed by atoms with Crippen LogP contribution in [-0.4, -0.2) is 16.9 Å². The molecule has 23 heavy (non-hydrogen) atoms. The largest absolute Gasteiger partial charge is 0.481 e. The van der Waals surface area contributed by atoms with E-state index in [1.807, 2.05) is 0 Å². The summed E-state index contributed by atoms with van der Waals surface area (Å²) < 4.78 is 31.4. The molecule has 0 spiro atoms. The third kappa shape index (κ3) is 18.1. The van der Waals surface area contributed by atoms with Gasteiger partial charge in [0, 0.05) is 12.8 Å². The van der Waals surface area contributed by atoms with Crippen molar-refractivity contribution in [2.75, 3.05) is 0 Å². The smallest absolute Gasteiger partial charge is 0.303 e. The Morgan fingerprint density at radius 2 is 1.70 bits per heavy atom. The van der Waals surface area contributed by atoms with Crippen molar-refractivity contribution < 1.29 is 20.2 Å². The van der Waals surface area contributed by atoms with Crippen molar-refractivity contribution in [1.29, 1.82) is 0 Å². The first-order chi connectivity index (χ1) is 12.8. The van der Waals surface area contributed by atoms with E-state index in [1.165, 1.54) is 12.2 Å². The number of aliphatic carboxylic acids is 1. The third-order valence-corrected chi connectivity index (χ3v) is 2.90. The molecule has 0 rings (SSSR count). The predicted octanol–water partition coefficient (Wildman–Crippen LogP) is 5.40. The lowest BCUT2D eigenvalue weighted by Gasteiger charge is -1.92. The number of hydrogen-bond acceptors (Lipinski definition) is 2. The van der Waals surface area contributed by atoms with Crippen molar-refractivity contribution >= 4 is 11.8 Å². The zero-order valence-electron chi connectivity index (χ0n) is 17.9. The lowest BCUT2D eigenvalue weighted by Crippen LogP contribution is -1.97. The monoisotopic (exact) mass is 326 g/mol. The van der Waals surface area contributed by atoms with Gasteiger partial charge in [-0.1, -0.05) is 62.2 Å². The van der Waals surface area contributed by atoms with Crippen LogP contribution in [0.5, 0.6) is 0 Å². The lowest BCUT2D eigenvalue weighted by atomic mass is 10.1. The van der Waals surface area contributed by atoms with E-state index in [1.54, 1.807) is 12.2 Å². The summed E-state index contributed by atoms with van der Waals surface area (Å²) in [5.74, 6) is -1.07. The molecule has 0 aliphatic heterocycles. The molecule has 1 N–H and O–H groups in total. The molecule has 0 aromatic heterocycles. The highest BCUT2D eigenvalue weighted by Gasteiger charge is 1.99. The lowest BCUT2D eigenvalue weighted by molar-refractivity contribution is -0.137. The van der Waals surface area contributed by atoms with Crippen molar-refractivity contribution in [3.05, 3.63) is 48.5 Å². The molecule has 0 aromatic rings. The molecule has 0 aliphatic carbocycles. The van der Waals surface area contributed by atoms with Crippen LogP contribution >= 0.6 is 0 Å². The van der Waals surface area contributed by atoms with E-state index in [0.717, 1.165) is 19.3 Å². The molecular formula is C20H30O3. The van der Waals surface area contributed by atoms with Crippen molar-refractivity contribution in [3.63, 3.8) is 0 Å². The van der Waals surface area contributed by atoms with Gasteiger partial charge in [-0.05, 0) is 38.2 Å². The van der Waals surface area contributed by atoms with Crippen molar-refractivity contribution in [3.8, 4) is 0 Å². The van der Waals surface area contributed by atoms with Crippen LogP contribution in [0.2, 0.25) is 0 Å². The molecule has 0 radical (unpaired) electrons. The van der Waals surface area contributed by atoms with Gasteiger partial charge in [-0.3, -0.25) is 9.59 Å². The van der Waals surface area contributed by atoms with Crippen LogP contribution in [-0.2, 0) is 9.59 Å². The molecule has 0 aliphatic rings. The van der Waals surface area contributed by atoms with Crippen LogP contribution in [0.4, 0.5) is 0 Å². The summed E-state index contributed by atoms with van der Waals surface area (Å²) >= 11 is 0. The van der Waals surface area contributed by atoms with Gasteiger partial charge in [-0.15, -0.1) is 0 Å². The fourth-order valence-electron chi connectivity index (χ4n) is 1.66. The zero-order chi connectivity index (χ0) is 20.7. The first kappa shape index (κ1) is 14.7. The van der Waals surface area contributed by atoms with Gasteiger partial charge in [0.05, 0.1) is 5.48 Å². The highest BCUT2D eigenvalue weighted by atomic mass is 16.4. The molecule has 0 amide bonds. The van der Waals surface area contributed by atoms with E-state index in [9.17, 15) is 9.59 Å². The minimum Gasteiger partial charge on any atom is -0.481 e. The highest BCUT2D eigenvalue weighted by molar-refractivity contribution is 5.90. The normalized spacial score (nSPS) is 16.4. The number of carbonyl (C=O) groups excluding carboxylic acids is 1. The average molecular weight is 326 g/mol. The topological polar surface area (TPSA) is 54.4 Å².